The Morgan fingerprint density at radius 2 is 2.09 bits per heavy atom. The van der Waals surface area contributed by atoms with Crippen molar-refractivity contribution in [3.63, 3.8) is 0 Å². The number of carboxylic acids is 1. The van der Waals surface area contributed by atoms with Crippen molar-refractivity contribution >= 4 is 29.1 Å². The highest BCUT2D eigenvalue weighted by molar-refractivity contribution is 6.30. The Balaban J connectivity index is 1.69. The minimum atomic E-state index is -1.11. The van der Waals surface area contributed by atoms with Gasteiger partial charge in [-0.05, 0) is 18.2 Å². The van der Waals surface area contributed by atoms with Gasteiger partial charge in [-0.2, -0.15) is 0 Å². The fourth-order valence-corrected chi connectivity index (χ4v) is 2.57. The zero-order valence-corrected chi connectivity index (χ0v) is 12.5. The highest BCUT2D eigenvalue weighted by atomic mass is 35.5. The number of carbonyl (C=O) groups is 1. The van der Waals surface area contributed by atoms with Crippen LogP contribution in [0.25, 0.3) is 0 Å². The predicted molar refractivity (Wildman–Crippen MR) is 82.2 cm³/mol. The fourth-order valence-electron chi connectivity index (χ4n) is 2.41. The molecule has 1 fully saturated rings. The Hall–Kier alpha value is -2.41. The van der Waals surface area contributed by atoms with E-state index in [9.17, 15) is 18.7 Å². The summed E-state index contributed by atoms with van der Waals surface area (Å²) < 4.78 is 26.5. The van der Waals surface area contributed by atoms with Crippen LogP contribution >= 0.6 is 11.6 Å². The van der Waals surface area contributed by atoms with E-state index < -0.39 is 17.6 Å². The summed E-state index contributed by atoms with van der Waals surface area (Å²) in [5.74, 6) is -2.10. The second-order valence-corrected chi connectivity index (χ2v) is 5.64. The van der Waals surface area contributed by atoms with Crippen molar-refractivity contribution in [3.8, 4) is 0 Å². The van der Waals surface area contributed by atoms with Crippen molar-refractivity contribution in [3.05, 3.63) is 52.7 Å². The lowest BCUT2D eigenvalue weighted by atomic mass is 10.1. The number of hydrogen-bond donors (Lipinski definition) is 2. The maximum atomic E-state index is 13.6. The van der Waals surface area contributed by atoms with Gasteiger partial charge in [-0.15, -0.1) is 0 Å². The van der Waals surface area contributed by atoms with Crippen LogP contribution in [-0.4, -0.2) is 35.2 Å². The van der Waals surface area contributed by atoms with E-state index in [0.717, 1.165) is 6.07 Å². The van der Waals surface area contributed by atoms with E-state index in [1.165, 1.54) is 24.4 Å². The van der Waals surface area contributed by atoms with Crippen LogP contribution in [0.2, 0.25) is 5.02 Å². The Morgan fingerprint density at radius 3 is 2.74 bits per heavy atom. The molecule has 3 rings (SSSR count). The third-order valence-corrected chi connectivity index (χ3v) is 3.74. The Bertz CT molecular complexity index is 766. The molecule has 120 valence electrons. The fraction of sp³-hybridized carbons (Fsp3) is 0.200. The number of aromatic nitrogens is 1. The number of rotatable bonds is 4. The minimum Gasteiger partial charge on any atom is -0.478 e. The minimum absolute atomic E-state index is 0.0175. The third kappa shape index (κ3) is 3.19. The van der Waals surface area contributed by atoms with Crippen LogP contribution in [-0.2, 0) is 0 Å². The van der Waals surface area contributed by atoms with Gasteiger partial charge >= 0.3 is 5.97 Å². The molecule has 1 aliphatic heterocycles. The van der Waals surface area contributed by atoms with Crippen molar-refractivity contribution in [2.45, 2.75) is 6.04 Å². The molecule has 1 aromatic carbocycles. The van der Waals surface area contributed by atoms with E-state index in [4.69, 9.17) is 11.6 Å². The van der Waals surface area contributed by atoms with Crippen molar-refractivity contribution in [2.24, 2.45) is 0 Å². The van der Waals surface area contributed by atoms with Gasteiger partial charge in [-0.1, -0.05) is 11.6 Å². The lowest BCUT2D eigenvalue weighted by molar-refractivity contribution is 0.0697. The summed E-state index contributed by atoms with van der Waals surface area (Å²) in [5, 5.41) is 12.4. The lowest BCUT2D eigenvalue weighted by Crippen LogP contribution is -2.55. The van der Waals surface area contributed by atoms with Crippen LogP contribution in [0.3, 0.4) is 0 Å². The van der Waals surface area contributed by atoms with Gasteiger partial charge in [-0.3, -0.25) is 0 Å². The molecule has 2 N–H and O–H groups in total. The molecule has 0 amide bonds. The van der Waals surface area contributed by atoms with Crippen LogP contribution in [0.4, 0.5) is 20.3 Å². The Kier molecular flexibility index (Phi) is 4.04. The van der Waals surface area contributed by atoms with E-state index >= 15 is 0 Å². The van der Waals surface area contributed by atoms with E-state index in [0.29, 0.717) is 18.9 Å². The molecule has 0 aliphatic carbocycles. The SMILES string of the molecule is O=C(O)c1cc(Cl)cnc1N1CC(Nc2ccc(F)cc2F)C1. The summed E-state index contributed by atoms with van der Waals surface area (Å²) in [6, 6.07) is 4.56. The molecule has 0 bridgehead atoms. The molecule has 0 saturated carbocycles. The number of aromatic carboxylic acids is 1. The summed E-state index contributed by atoms with van der Waals surface area (Å²) in [5.41, 5.74) is 0.225. The average molecular weight is 340 g/mol. The number of hydrogen-bond acceptors (Lipinski definition) is 4. The number of anilines is 2. The molecule has 5 nitrogen and oxygen atoms in total. The van der Waals surface area contributed by atoms with E-state index in [2.05, 4.69) is 10.3 Å². The van der Waals surface area contributed by atoms with Gasteiger partial charge in [0.2, 0.25) is 0 Å². The van der Waals surface area contributed by atoms with Gasteiger partial charge in [0.15, 0.2) is 0 Å². The topological polar surface area (TPSA) is 65.5 Å². The molecule has 1 saturated heterocycles. The highest BCUT2D eigenvalue weighted by Gasteiger charge is 2.31. The van der Waals surface area contributed by atoms with Crippen LogP contribution in [0.1, 0.15) is 10.4 Å². The van der Waals surface area contributed by atoms with Crippen molar-refractivity contribution < 1.29 is 18.7 Å². The first-order valence-corrected chi connectivity index (χ1v) is 7.17. The van der Waals surface area contributed by atoms with Crippen molar-refractivity contribution in [1.82, 2.24) is 4.98 Å². The third-order valence-electron chi connectivity index (χ3n) is 3.54. The van der Waals surface area contributed by atoms with Crippen LogP contribution in [0.5, 0.6) is 0 Å². The molecule has 8 heteroatoms. The zero-order chi connectivity index (χ0) is 16.6. The quantitative estimate of drug-likeness (QED) is 0.896. The van der Waals surface area contributed by atoms with Gasteiger partial charge in [0.05, 0.1) is 16.8 Å². The molecule has 0 atom stereocenters. The average Bonchev–Trinajstić information content (AvgIpc) is 2.45. The summed E-state index contributed by atoms with van der Waals surface area (Å²) in [6.45, 7) is 0.900. The number of benzene rings is 1. The first-order valence-electron chi connectivity index (χ1n) is 6.79. The zero-order valence-electron chi connectivity index (χ0n) is 11.8. The second-order valence-electron chi connectivity index (χ2n) is 5.20. The second kappa shape index (κ2) is 6.00. The van der Waals surface area contributed by atoms with Crippen LogP contribution in [0, 0.1) is 11.6 Å². The standard InChI is InChI=1S/C15H12ClF2N3O2/c16-8-3-11(15(22)23)14(19-5-8)21-6-10(7-21)20-13-2-1-9(17)4-12(13)18/h1-5,10,20H,6-7H2,(H,22,23). The predicted octanol–water partition coefficient (Wildman–Crippen LogP) is 3.01. The summed E-state index contributed by atoms with van der Waals surface area (Å²) in [6.07, 6.45) is 1.38. The highest BCUT2D eigenvalue weighted by Crippen LogP contribution is 2.27. The Labute approximate surface area is 135 Å². The molecule has 1 aliphatic rings. The monoisotopic (exact) mass is 339 g/mol. The number of pyridine rings is 1. The lowest BCUT2D eigenvalue weighted by Gasteiger charge is -2.41. The maximum Gasteiger partial charge on any atom is 0.339 e. The number of nitrogens with one attached hydrogen (secondary N) is 1. The van der Waals surface area contributed by atoms with Crippen LogP contribution < -0.4 is 10.2 Å². The summed E-state index contributed by atoms with van der Waals surface area (Å²) in [4.78, 5) is 17.0. The molecular weight excluding hydrogens is 328 g/mol. The van der Waals surface area contributed by atoms with E-state index in [-0.39, 0.29) is 22.3 Å². The van der Waals surface area contributed by atoms with Crippen LogP contribution in [0.15, 0.2) is 30.5 Å². The molecule has 0 radical (unpaired) electrons. The van der Waals surface area contributed by atoms with Gasteiger partial charge in [0.25, 0.3) is 0 Å². The Morgan fingerprint density at radius 1 is 1.35 bits per heavy atom. The van der Waals surface area contributed by atoms with Gasteiger partial charge in [0.1, 0.15) is 23.0 Å². The maximum absolute atomic E-state index is 13.6. The summed E-state index contributed by atoms with van der Waals surface area (Å²) >= 11 is 5.76. The normalized spacial score (nSPS) is 14.5. The summed E-state index contributed by atoms with van der Waals surface area (Å²) in [7, 11) is 0. The first-order chi connectivity index (χ1) is 10.9. The van der Waals surface area contributed by atoms with Gasteiger partial charge in [0, 0.05) is 25.4 Å². The molecule has 2 aromatic rings. The smallest absolute Gasteiger partial charge is 0.339 e. The molecule has 0 unspecified atom stereocenters. The largest absolute Gasteiger partial charge is 0.478 e. The molecular formula is C15H12ClF2N3O2. The van der Waals surface area contributed by atoms with Gasteiger partial charge < -0.3 is 15.3 Å². The molecule has 2 heterocycles. The number of nitrogens with zero attached hydrogens (tertiary/aromatic N) is 2. The van der Waals surface area contributed by atoms with E-state index in [1.54, 1.807) is 4.90 Å². The number of halogens is 3. The van der Waals surface area contributed by atoms with Gasteiger partial charge in [-0.25, -0.2) is 18.6 Å². The molecule has 0 spiro atoms. The molecule has 23 heavy (non-hydrogen) atoms. The number of carboxylic acid groups (broad SMARTS) is 1. The van der Waals surface area contributed by atoms with Crippen molar-refractivity contribution in [1.29, 1.82) is 0 Å². The van der Waals surface area contributed by atoms with Crippen molar-refractivity contribution in [2.75, 3.05) is 23.3 Å². The first kappa shape index (κ1) is 15.5. The van der Waals surface area contributed by atoms with E-state index in [1.807, 2.05) is 0 Å². The molecule has 1 aromatic heterocycles.